The van der Waals surface area contributed by atoms with Gasteiger partial charge in [0.05, 0.1) is 23.0 Å². The molecule has 1 aliphatic rings. The van der Waals surface area contributed by atoms with E-state index in [0.717, 1.165) is 35.0 Å². The second-order valence-corrected chi connectivity index (χ2v) is 10.6. The van der Waals surface area contributed by atoms with Gasteiger partial charge in [-0.05, 0) is 73.4 Å². The molecule has 1 aliphatic carbocycles. The van der Waals surface area contributed by atoms with Crippen LogP contribution in [0.2, 0.25) is 5.02 Å². The Bertz CT molecular complexity index is 1090. The van der Waals surface area contributed by atoms with Gasteiger partial charge in [0.1, 0.15) is 11.9 Å². The molecule has 0 radical (unpaired) electrons. The minimum absolute atomic E-state index is 0.155. The molecule has 0 spiro atoms. The molecule has 8 heteroatoms. The number of halogens is 2. The molecule has 0 fully saturated rings. The maximum Gasteiger partial charge on any atom is 0.244 e. The van der Waals surface area contributed by atoms with Gasteiger partial charge in [-0.3, -0.25) is 9.10 Å². The number of sulfonamides is 1. The molecule has 0 saturated heterocycles. The van der Waals surface area contributed by atoms with Gasteiger partial charge in [0.25, 0.3) is 0 Å². The molecule has 0 aromatic heterocycles. The summed E-state index contributed by atoms with van der Waals surface area (Å²) in [5.41, 5.74) is 3.87. The van der Waals surface area contributed by atoms with Gasteiger partial charge in [-0.1, -0.05) is 43.6 Å². The van der Waals surface area contributed by atoms with Crippen molar-refractivity contribution in [2.24, 2.45) is 0 Å². The van der Waals surface area contributed by atoms with Gasteiger partial charge in [-0.2, -0.15) is 0 Å². The Hall–Kier alpha value is -2.12. The van der Waals surface area contributed by atoms with Crippen LogP contribution in [0.3, 0.4) is 0 Å². The lowest BCUT2D eigenvalue weighted by atomic mass is 9.88. The summed E-state index contributed by atoms with van der Waals surface area (Å²) in [6.07, 6.45) is 6.44. The van der Waals surface area contributed by atoms with Gasteiger partial charge in [0.15, 0.2) is 0 Å². The zero-order valence-corrected chi connectivity index (χ0v) is 20.3. The lowest BCUT2D eigenvalue weighted by Crippen LogP contribution is -2.50. The van der Waals surface area contributed by atoms with Crippen LogP contribution in [0.15, 0.2) is 36.4 Å². The molecule has 2 atom stereocenters. The van der Waals surface area contributed by atoms with Crippen molar-refractivity contribution in [2.75, 3.05) is 10.6 Å². The molecule has 0 unspecified atom stereocenters. The summed E-state index contributed by atoms with van der Waals surface area (Å²) in [5.74, 6) is -1.05. The second-order valence-electron chi connectivity index (χ2n) is 8.29. The zero-order chi connectivity index (χ0) is 23.5. The smallest absolute Gasteiger partial charge is 0.244 e. The van der Waals surface area contributed by atoms with Crippen LogP contribution in [-0.4, -0.2) is 26.6 Å². The van der Waals surface area contributed by atoms with E-state index in [1.807, 2.05) is 13.0 Å². The average molecular weight is 481 g/mol. The highest BCUT2D eigenvalue weighted by Gasteiger charge is 2.33. The molecule has 0 bridgehead atoms. The number of hydrogen-bond donors (Lipinski definition) is 1. The van der Waals surface area contributed by atoms with Crippen LogP contribution in [-0.2, 0) is 27.7 Å². The number of nitrogens with one attached hydrogen (secondary N) is 1. The van der Waals surface area contributed by atoms with E-state index in [2.05, 4.69) is 17.4 Å². The Labute approximate surface area is 195 Å². The number of hydrogen-bond acceptors (Lipinski definition) is 3. The third-order valence-corrected chi connectivity index (χ3v) is 7.46. The summed E-state index contributed by atoms with van der Waals surface area (Å²) >= 11 is 5.88. The van der Waals surface area contributed by atoms with E-state index >= 15 is 0 Å². The summed E-state index contributed by atoms with van der Waals surface area (Å²) in [4.78, 5) is 13.3. The van der Waals surface area contributed by atoms with Crippen molar-refractivity contribution in [1.82, 2.24) is 5.32 Å². The van der Waals surface area contributed by atoms with Crippen LogP contribution < -0.4 is 9.62 Å². The van der Waals surface area contributed by atoms with E-state index in [4.69, 9.17) is 11.6 Å². The number of aryl methyl sites for hydroxylation is 2. The molecule has 174 valence electrons. The maximum absolute atomic E-state index is 13.6. The summed E-state index contributed by atoms with van der Waals surface area (Å²) in [6.45, 7) is 3.73. The normalized spacial score (nSPS) is 15.5. The monoisotopic (exact) mass is 480 g/mol. The molecule has 3 rings (SSSR count). The highest BCUT2D eigenvalue weighted by molar-refractivity contribution is 7.92. The first-order valence-electron chi connectivity index (χ1n) is 11.0. The van der Waals surface area contributed by atoms with Gasteiger partial charge in [-0.25, -0.2) is 12.8 Å². The van der Waals surface area contributed by atoms with Crippen molar-refractivity contribution in [3.63, 3.8) is 0 Å². The first kappa shape index (κ1) is 24.5. The molecule has 2 aromatic rings. The molecular formula is C24H30ClFN2O3S. The Balaban J connectivity index is 1.89. The highest BCUT2D eigenvalue weighted by atomic mass is 35.5. The lowest BCUT2D eigenvalue weighted by molar-refractivity contribution is -0.123. The molecule has 5 nitrogen and oxygen atoms in total. The fourth-order valence-corrected chi connectivity index (χ4v) is 5.72. The van der Waals surface area contributed by atoms with Crippen molar-refractivity contribution >= 4 is 33.2 Å². The van der Waals surface area contributed by atoms with Crippen molar-refractivity contribution in [1.29, 1.82) is 0 Å². The zero-order valence-electron chi connectivity index (χ0n) is 18.7. The van der Waals surface area contributed by atoms with E-state index in [1.54, 1.807) is 6.92 Å². The van der Waals surface area contributed by atoms with Crippen LogP contribution in [0, 0.1) is 5.82 Å². The maximum atomic E-state index is 13.6. The van der Waals surface area contributed by atoms with Gasteiger partial charge in [0, 0.05) is 0 Å². The van der Waals surface area contributed by atoms with Crippen LogP contribution >= 0.6 is 11.6 Å². The number of nitrogens with zero attached hydrogens (tertiary/aromatic N) is 1. The predicted molar refractivity (Wildman–Crippen MR) is 127 cm³/mol. The van der Waals surface area contributed by atoms with Gasteiger partial charge < -0.3 is 5.32 Å². The Morgan fingerprint density at radius 3 is 2.38 bits per heavy atom. The SMILES string of the molecule is CC[C@H](NC(=O)[C@H](CC)N(c1ccc(F)c(Cl)c1)S(C)(=O)=O)c1ccc2c(c1)CCCC2. The van der Waals surface area contributed by atoms with Crippen molar-refractivity contribution in [2.45, 2.75) is 64.5 Å². The first-order valence-corrected chi connectivity index (χ1v) is 13.2. The van der Waals surface area contributed by atoms with E-state index in [0.29, 0.717) is 6.42 Å². The number of fused-ring (bicyclic) bond motifs is 1. The van der Waals surface area contributed by atoms with Crippen LogP contribution in [0.5, 0.6) is 0 Å². The fourth-order valence-electron chi connectivity index (χ4n) is 4.34. The van der Waals surface area contributed by atoms with E-state index in [9.17, 15) is 17.6 Å². The third kappa shape index (κ3) is 5.44. The van der Waals surface area contributed by atoms with E-state index < -0.39 is 27.8 Å². The molecular weight excluding hydrogens is 451 g/mol. The second kappa shape index (κ2) is 10.2. The first-order chi connectivity index (χ1) is 15.2. The molecule has 1 amide bonds. The largest absolute Gasteiger partial charge is 0.347 e. The quantitative estimate of drug-likeness (QED) is 0.566. The predicted octanol–water partition coefficient (Wildman–Crippen LogP) is 5.17. The number of amides is 1. The average Bonchev–Trinajstić information content (AvgIpc) is 2.76. The van der Waals surface area contributed by atoms with Crippen LogP contribution in [0.4, 0.5) is 10.1 Å². The number of carbonyl (C=O) groups is 1. The fraction of sp³-hybridized carbons (Fsp3) is 0.458. The lowest BCUT2D eigenvalue weighted by Gasteiger charge is -2.31. The summed E-state index contributed by atoms with van der Waals surface area (Å²) in [5, 5.41) is 2.84. The van der Waals surface area contributed by atoms with Crippen LogP contribution in [0.25, 0.3) is 0 Å². The molecule has 0 aliphatic heterocycles. The van der Waals surface area contributed by atoms with E-state index in [-0.39, 0.29) is 23.2 Å². The molecule has 2 aromatic carbocycles. The third-order valence-electron chi connectivity index (χ3n) is 5.99. The standard InChI is InChI=1S/C24H30ClFN2O3S/c1-4-22(18-11-10-16-8-6-7-9-17(16)14-18)27-24(29)23(5-2)28(32(3,30)31)19-12-13-21(26)20(25)15-19/h10-15,22-23H,4-9H2,1-3H3,(H,27,29)/t22-,23-/m0/s1. The number of benzene rings is 2. The molecule has 1 N–H and O–H groups in total. The molecule has 0 saturated carbocycles. The Kier molecular flexibility index (Phi) is 7.83. The van der Waals surface area contributed by atoms with Gasteiger partial charge in [-0.15, -0.1) is 0 Å². The van der Waals surface area contributed by atoms with Crippen molar-refractivity contribution in [3.8, 4) is 0 Å². The minimum atomic E-state index is -3.83. The Morgan fingerprint density at radius 1 is 1.09 bits per heavy atom. The van der Waals surface area contributed by atoms with Crippen LogP contribution in [0.1, 0.15) is 62.3 Å². The Morgan fingerprint density at radius 2 is 1.78 bits per heavy atom. The highest BCUT2D eigenvalue weighted by Crippen LogP contribution is 2.29. The minimum Gasteiger partial charge on any atom is -0.347 e. The summed E-state index contributed by atoms with van der Waals surface area (Å²) < 4.78 is 39.9. The van der Waals surface area contributed by atoms with Crippen molar-refractivity contribution < 1.29 is 17.6 Å². The number of rotatable bonds is 8. The summed E-state index contributed by atoms with van der Waals surface area (Å²) in [6, 6.07) is 8.78. The van der Waals surface area contributed by atoms with Gasteiger partial charge >= 0.3 is 0 Å². The topological polar surface area (TPSA) is 66.5 Å². The summed E-state index contributed by atoms with van der Waals surface area (Å²) in [7, 11) is -3.83. The van der Waals surface area contributed by atoms with Gasteiger partial charge in [0.2, 0.25) is 15.9 Å². The number of anilines is 1. The van der Waals surface area contributed by atoms with E-state index in [1.165, 1.54) is 36.1 Å². The van der Waals surface area contributed by atoms with Crippen molar-refractivity contribution in [3.05, 3.63) is 63.9 Å². The number of carbonyl (C=O) groups excluding carboxylic acids is 1. The molecule has 0 heterocycles. The molecule has 32 heavy (non-hydrogen) atoms.